The van der Waals surface area contributed by atoms with Crippen LogP contribution in [0.5, 0.6) is 11.5 Å². The topological polar surface area (TPSA) is 55.8 Å². The van der Waals surface area contributed by atoms with E-state index in [1.807, 2.05) is 78.9 Å². The molecule has 1 amide bonds. The lowest BCUT2D eigenvalue weighted by molar-refractivity contribution is -0.151. The Labute approximate surface area is 198 Å². The number of methoxy groups -OCH3 is 2. The monoisotopic (exact) mass is 461 g/mol. The van der Waals surface area contributed by atoms with Gasteiger partial charge < -0.3 is 19.2 Å². The summed E-state index contributed by atoms with van der Waals surface area (Å²) < 4.78 is 10.5. The molecule has 1 aliphatic heterocycles. The number of nitrogens with zero attached hydrogens (tertiary/aromatic N) is 1. The first-order valence-corrected chi connectivity index (χ1v) is 11.8. The van der Waals surface area contributed by atoms with E-state index >= 15 is 0 Å². The number of carbonyl (C=O) groups excluding carboxylic acids is 2. The largest absolute Gasteiger partial charge is 0.497 e. The summed E-state index contributed by atoms with van der Waals surface area (Å²) in [6.07, 6.45) is 2.21. The van der Waals surface area contributed by atoms with Crippen molar-refractivity contribution in [2.75, 3.05) is 14.2 Å². The van der Waals surface area contributed by atoms with Gasteiger partial charge in [-0.2, -0.15) is 0 Å². The molecule has 1 fully saturated rings. The number of hydrogen-bond donors (Lipinski definition) is 0. The number of amides is 1. The summed E-state index contributed by atoms with van der Waals surface area (Å²) in [5.41, 5.74) is 2.18. The molecule has 2 atom stereocenters. The average Bonchev–Trinajstić information content (AvgIpc) is 2.86. The van der Waals surface area contributed by atoms with E-state index in [-0.39, 0.29) is 17.2 Å². The summed E-state index contributed by atoms with van der Waals surface area (Å²) >= 11 is 1.46. The highest BCUT2D eigenvalue weighted by molar-refractivity contribution is 8.00. The molecule has 3 aromatic rings. The van der Waals surface area contributed by atoms with Crippen molar-refractivity contribution < 1.29 is 19.1 Å². The van der Waals surface area contributed by atoms with Gasteiger partial charge in [0.05, 0.1) is 14.2 Å². The fourth-order valence-electron chi connectivity index (χ4n) is 4.17. The standard InChI is InChI=1S/C27H27NO4S/c1-31-22-12-8-19(9-13-22)16-21(17-20-10-14-23(32-2)15-11-20)28-25(18-29)26(27(28)30)33-24-6-4-3-5-7-24/h3-15,18,21,25-26H,16-17H2,1-2H3. The highest BCUT2D eigenvalue weighted by atomic mass is 32.2. The third-order valence-corrected chi connectivity index (χ3v) is 7.21. The second-order valence-corrected chi connectivity index (χ2v) is 9.20. The number of rotatable bonds is 10. The van der Waals surface area contributed by atoms with Gasteiger partial charge in [0.15, 0.2) is 0 Å². The number of benzene rings is 3. The van der Waals surface area contributed by atoms with Crippen LogP contribution in [0.1, 0.15) is 11.1 Å². The number of aldehydes is 1. The van der Waals surface area contributed by atoms with Crippen molar-refractivity contribution in [3.8, 4) is 11.5 Å². The summed E-state index contributed by atoms with van der Waals surface area (Å²) in [5.74, 6) is 1.58. The highest BCUT2D eigenvalue weighted by Gasteiger charge is 2.50. The minimum Gasteiger partial charge on any atom is -0.497 e. The Bertz CT molecular complexity index is 1020. The smallest absolute Gasteiger partial charge is 0.239 e. The molecule has 0 aliphatic carbocycles. The number of carbonyl (C=O) groups is 2. The number of hydrogen-bond acceptors (Lipinski definition) is 5. The molecule has 0 radical (unpaired) electrons. The molecular formula is C27H27NO4S. The average molecular weight is 462 g/mol. The molecule has 0 N–H and O–H groups in total. The lowest BCUT2D eigenvalue weighted by Crippen LogP contribution is -2.68. The Hall–Kier alpha value is -3.25. The highest BCUT2D eigenvalue weighted by Crippen LogP contribution is 2.37. The lowest BCUT2D eigenvalue weighted by atomic mass is 9.91. The van der Waals surface area contributed by atoms with Crippen molar-refractivity contribution >= 4 is 24.0 Å². The van der Waals surface area contributed by atoms with Crippen LogP contribution in [-0.2, 0) is 22.4 Å². The summed E-state index contributed by atoms with van der Waals surface area (Å²) in [4.78, 5) is 28.1. The van der Waals surface area contributed by atoms with Gasteiger partial charge >= 0.3 is 0 Å². The molecule has 33 heavy (non-hydrogen) atoms. The Morgan fingerprint density at radius 1 is 0.848 bits per heavy atom. The quantitative estimate of drug-likeness (QED) is 0.330. The van der Waals surface area contributed by atoms with Crippen molar-refractivity contribution in [3.63, 3.8) is 0 Å². The molecule has 6 heteroatoms. The van der Waals surface area contributed by atoms with E-state index in [0.29, 0.717) is 12.8 Å². The van der Waals surface area contributed by atoms with Crippen LogP contribution in [-0.4, -0.2) is 48.6 Å². The molecule has 1 aliphatic rings. The summed E-state index contributed by atoms with van der Waals surface area (Å²) in [6.45, 7) is 0. The van der Waals surface area contributed by atoms with Crippen LogP contribution in [0, 0.1) is 0 Å². The Morgan fingerprint density at radius 3 is 1.82 bits per heavy atom. The molecule has 2 unspecified atom stereocenters. The molecule has 0 aromatic heterocycles. The fraction of sp³-hybridized carbons (Fsp3) is 0.259. The van der Waals surface area contributed by atoms with Gasteiger partial charge in [-0.15, -0.1) is 11.8 Å². The van der Waals surface area contributed by atoms with Crippen molar-refractivity contribution in [2.45, 2.75) is 35.1 Å². The van der Waals surface area contributed by atoms with Crippen LogP contribution in [0.3, 0.4) is 0 Å². The second kappa shape index (κ2) is 10.6. The van der Waals surface area contributed by atoms with Crippen LogP contribution in [0.25, 0.3) is 0 Å². The molecule has 0 spiro atoms. The first kappa shape index (κ1) is 22.9. The summed E-state index contributed by atoms with van der Waals surface area (Å²) in [6, 6.07) is 24.9. The van der Waals surface area contributed by atoms with Gasteiger partial charge in [0.25, 0.3) is 0 Å². The van der Waals surface area contributed by atoms with Gasteiger partial charge in [-0.05, 0) is 60.4 Å². The van der Waals surface area contributed by atoms with Crippen molar-refractivity contribution in [1.29, 1.82) is 0 Å². The van der Waals surface area contributed by atoms with Crippen LogP contribution >= 0.6 is 11.8 Å². The van der Waals surface area contributed by atoms with Crippen LogP contribution in [0.2, 0.25) is 0 Å². The fourth-order valence-corrected chi connectivity index (χ4v) is 5.33. The number of β-lactam (4-membered cyclic amide) rings is 1. The number of likely N-dealkylation sites (tertiary alicyclic amines) is 1. The van der Waals surface area contributed by atoms with E-state index in [9.17, 15) is 9.59 Å². The molecule has 3 aromatic carbocycles. The second-order valence-electron chi connectivity index (χ2n) is 7.98. The van der Waals surface area contributed by atoms with E-state index in [0.717, 1.165) is 33.8 Å². The Balaban J connectivity index is 1.56. The third kappa shape index (κ3) is 5.22. The normalized spacial score (nSPS) is 17.5. The molecule has 5 nitrogen and oxygen atoms in total. The minimum absolute atomic E-state index is 0.00739. The molecular weight excluding hydrogens is 434 g/mol. The summed E-state index contributed by atoms with van der Waals surface area (Å²) in [7, 11) is 3.28. The zero-order valence-corrected chi connectivity index (χ0v) is 19.5. The molecule has 1 heterocycles. The lowest BCUT2D eigenvalue weighted by Gasteiger charge is -2.48. The predicted molar refractivity (Wildman–Crippen MR) is 130 cm³/mol. The number of thioether (sulfide) groups is 1. The van der Waals surface area contributed by atoms with Gasteiger partial charge in [-0.3, -0.25) is 4.79 Å². The maximum atomic E-state index is 13.3. The summed E-state index contributed by atoms with van der Waals surface area (Å²) in [5, 5.41) is -0.390. The van der Waals surface area contributed by atoms with Crippen molar-refractivity contribution in [3.05, 3.63) is 90.0 Å². The Kier molecular flexibility index (Phi) is 7.35. The van der Waals surface area contributed by atoms with Crippen LogP contribution in [0.4, 0.5) is 0 Å². The molecule has 0 bridgehead atoms. The first-order chi connectivity index (χ1) is 16.1. The van der Waals surface area contributed by atoms with E-state index in [2.05, 4.69) is 0 Å². The molecule has 0 saturated carbocycles. The molecule has 1 saturated heterocycles. The maximum Gasteiger partial charge on any atom is 0.239 e. The molecule has 170 valence electrons. The third-order valence-electron chi connectivity index (χ3n) is 5.93. The minimum atomic E-state index is -0.454. The molecule has 4 rings (SSSR count). The van der Waals surface area contributed by atoms with Gasteiger partial charge in [-0.1, -0.05) is 42.5 Å². The van der Waals surface area contributed by atoms with E-state index < -0.39 is 6.04 Å². The van der Waals surface area contributed by atoms with Crippen LogP contribution < -0.4 is 9.47 Å². The van der Waals surface area contributed by atoms with Gasteiger partial charge in [0, 0.05) is 10.9 Å². The Morgan fingerprint density at radius 2 is 1.36 bits per heavy atom. The first-order valence-electron chi connectivity index (χ1n) is 10.9. The van der Waals surface area contributed by atoms with E-state index in [1.165, 1.54) is 11.8 Å². The van der Waals surface area contributed by atoms with Gasteiger partial charge in [0.2, 0.25) is 5.91 Å². The number of ether oxygens (including phenoxy) is 2. The zero-order chi connectivity index (χ0) is 23.2. The zero-order valence-electron chi connectivity index (χ0n) is 18.7. The van der Waals surface area contributed by atoms with E-state index in [4.69, 9.17) is 9.47 Å². The van der Waals surface area contributed by atoms with Crippen molar-refractivity contribution in [2.24, 2.45) is 0 Å². The van der Waals surface area contributed by atoms with Gasteiger partial charge in [0.1, 0.15) is 29.1 Å². The van der Waals surface area contributed by atoms with E-state index in [1.54, 1.807) is 19.1 Å². The van der Waals surface area contributed by atoms with Crippen LogP contribution in [0.15, 0.2) is 83.8 Å². The van der Waals surface area contributed by atoms with Crippen molar-refractivity contribution in [1.82, 2.24) is 4.90 Å². The SMILES string of the molecule is COc1ccc(CC(Cc2ccc(OC)cc2)N2C(=O)C(Sc3ccccc3)C2C=O)cc1. The predicted octanol–water partition coefficient (Wildman–Crippen LogP) is 4.43. The maximum absolute atomic E-state index is 13.3. The van der Waals surface area contributed by atoms with Gasteiger partial charge in [-0.25, -0.2) is 0 Å².